The second-order valence-corrected chi connectivity index (χ2v) is 4.49. The number of hydrogen-bond acceptors (Lipinski definition) is 4. The molecule has 0 aliphatic rings. The Kier molecular flexibility index (Phi) is 4.71. The largest absolute Gasteiger partial charge is 0.477 e. The van der Waals surface area contributed by atoms with Crippen molar-refractivity contribution < 1.29 is 13.9 Å². The number of ether oxygens (including phenoxy) is 1. The molecule has 5 nitrogen and oxygen atoms in total. The lowest BCUT2D eigenvalue weighted by atomic mass is 10.2. The van der Waals surface area contributed by atoms with Gasteiger partial charge >= 0.3 is 0 Å². The van der Waals surface area contributed by atoms with Crippen LogP contribution in [-0.2, 0) is 11.2 Å². The Morgan fingerprint density at radius 2 is 2.00 bits per heavy atom. The number of rotatable bonds is 5. The van der Waals surface area contributed by atoms with Gasteiger partial charge in [-0.15, -0.1) is 0 Å². The predicted molar refractivity (Wildman–Crippen MR) is 78.6 cm³/mol. The van der Waals surface area contributed by atoms with E-state index in [0.29, 0.717) is 24.6 Å². The Hall–Kier alpha value is -2.63. The fourth-order valence-corrected chi connectivity index (χ4v) is 1.76. The lowest BCUT2D eigenvalue weighted by Gasteiger charge is -2.09. The number of carbonyl (C=O) groups is 1. The molecule has 0 saturated heterocycles. The van der Waals surface area contributed by atoms with Gasteiger partial charge in [-0.3, -0.25) is 4.79 Å². The van der Waals surface area contributed by atoms with E-state index in [4.69, 9.17) is 10.5 Å². The third kappa shape index (κ3) is 4.45. The van der Waals surface area contributed by atoms with E-state index in [1.165, 1.54) is 19.1 Å². The lowest BCUT2D eigenvalue weighted by molar-refractivity contribution is -0.114. The molecule has 1 heterocycles. The zero-order valence-corrected chi connectivity index (χ0v) is 11.6. The highest BCUT2D eigenvalue weighted by Gasteiger charge is 2.05. The van der Waals surface area contributed by atoms with Crippen LogP contribution in [-0.4, -0.2) is 17.5 Å². The second-order valence-electron chi connectivity index (χ2n) is 4.49. The number of nitrogens with one attached hydrogen (secondary N) is 1. The SMILES string of the molecule is CC(=O)Nc1ccc(OCCc2ccc(F)cc2)nc1N. The van der Waals surface area contributed by atoms with Gasteiger partial charge in [0, 0.05) is 19.4 Å². The molecule has 0 aliphatic heterocycles. The Morgan fingerprint density at radius 1 is 1.29 bits per heavy atom. The van der Waals surface area contributed by atoms with Crippen LogP contribution in [0.15, 0.2) is 36.4 Å². The maximum atomic E-state index is 12.8. The molecule has 0 aliphatic carbocycles. The quantitative estimate of drug-likeness (QED) is 0.886. The monoisotopic (exact) mass is 289 g/mol. The number of nitrogens with two attached hydrogens (primary N) is 1. The minimum Gasteiger partial charge on any atom is -0.477 e. The van der Waals surface area contributed by atoms with E-state index in [1.807, 2.05) is 0 Å². The van der Waals surface area contributed by atoms with Gasteiger partial charge in [0.25, 0.3) is 0 Å². The van der Waals surface area contributed by atoms with Crippen LogP contribution in [0.4, 0.5) is 15.9 Å². The summed E-state index contributed by atoms with van der Waals surface area (Å²) in [6.07, 6.45) is 0.634. The summed E-state index contributed by atoms with van der Waals surface area (Å²) in [4.78, 5) is 15.0. The molecule has 3 N–H and O–H groups in total. The number of nitrogens with zero attached hydrogens (tertiary/aromatic N) is 1. The normalized spacial score (nSPS) is 10.2. The maximum Gasteiger partial charge on any atom is 0.221 e. The Bertz CT molecular complexity index is 629. The highest BCUT2D eigenvalue weighted by Crippen LogP contribution is 2.20. The van der Waals surface area contributed by atoms with Crippen LogP contribution >= 0.6 is 0 Å². The minimum absolute atomic E-state index is 0.199. The highest BCUT2D eigenvalue weighted by molar-refractivity contribution is 5.91. The average Bonchev–Trinajstić information content (AvgIpc) is 2.43. The molecule has 110 valence electrons. The van der Waals surface area contributed by atoms with Gasteiger partial charge in [0.2, 0.25) is 11.8 Å². The Morgan fingerprint density at radius 3 is 2.62 bits per heavy atom. The first-order valence-corrected chi connectivity index (χ1v) is 6.46. The van der Waals surface area contributed by atoms with Crippen molar-refractivity contribution in [2.24, 2.45) is 0 Å². The molecule has 2 rings (SSSR count). The number of nitrogen functional groups attached to an aromatic ring is 1. The summed E-state index contributed by atoms with van der Waals surface area (Å²) < 4.78 is 18.2. The first kappa shape index (κ1) is 14.8. The third-order valence-electron chi connectivity index (χ3n) is 2.76. The summed E-state index contributed by atoms with van der Waals surface area (Å²) >= 11 is 0. The molecule has 0 unspecified atom stereocenters. The fraction of sp³-hybridized carbons (Fsp3) is 0.200. The number of aromatic nitrogens is 1. The number of halogens is 1. The summed E-state index contributed by atoms with van der Waals surface area (Å²) in [6, 6.07) is 9.51. The molecule has 6 heteroatoms. The van der Waals surface area contributed by atoms with Gasteiger partial charge in [-0.2, -0.15) is 4.98 Å². The lowest BCUT2D eigenvalue weighted by Crippen LogP contribution is -2.10. The third-order valence-corrected chi connectivity index (χ3v) is 2.76. The molecular formula is C15H16FN3O2. The van der Waals surface area contributed by atoms with E-state index in [9.17, 15) is 9.18 Å². The summed E-state index contributed by atoms with van der Waals surface area (Å²) in [5, 5.41) is 2.57. The van der Waals surface area contributed by atoms with Crippen LogP contribution in [0.25, 0.3) is 0 Å². The van der Waals surface area contributed by atoms with Crippen LogP contribution < -0.4 is 15.8 Å². The van der Waals surface area contributed by atoms with Gasteiger partial charge in [0.05, 0.1) is 12.3 Å². The van der Waals surface area contributed by atoms with E-state index >= 15 is 0 Å². The summed E-state index contributed by atoms with van der Waals surface area (Å²) in [5.41, 5.74) is 7.15. The van der Waals surface area contributed by atoms with E-state index in [0.717, 1.165) is 5.56 Å². The van der Waals surface area contributed by atoms with Crippen LogP contribution in [0.5, 0.6) is 5.88 Å². The average molecular weight is 289 g/mol. The van der Waals surface area contributed by atoms with Gasteiger partial charge < -0.3 is 15.8 Å². The molecular weight excluding hydrogens is 273 g/mol. The molecule has 0 atom stereocenters. The molecule has 0 saturated carbocycles. The Balaban J connectivity index is 1.90. The smallest absolute Gasteiger partial charge is 0.221 e. The molecule has 1 aromatic heterocycles. The molecule has 1 aromatic carbocycles. The number of amides is 1. The van der Waals surface area contributed by atoms with Crippen LogP contribution in [0, 0.1) is 5.82 Å². The molecule has 21 heavy (non-hydrogen) atoms. The van der Waals surface area contributed by atoms with Gasteiger partial charge in [0.1, 0.15) is 5.82 Å². The number of anilines is 2. The first-order valence-electron chi connectivity index (χ1n) is 6.46. The van der Waals surface area contributed by atoms with Crippen LogP contribution in [0.2, 0.25) is 0 Å². The van der Waals surface area contributed by atoms with E-state index < -0.39 is 0 Å². The molecule has 2 aromatic rings. The zero-order valence-electron chi connectivity index (χ0n) is 11.6. The minimum atomic E-state index is -0.261. The predicted octanol–water partition coefficient (Wildman–Crippen LogP) is 2.38. The summed E-state index contributed by atoms with van der Waals surface area (Å²) in [6.45, 7) is 1.80. The van der Waals surface area contributed by atoms with Crippen molar-refractivity contribution in [3.63, 3.8) is 0 Å². The standard InChI is InChI=1S/C15H16FN3O2/c1-10(20)18-13-6-7-14(19-15(13)17)21-9-8-11-2-4-12(16)5-3-11/h2-7H,8-9H2,1H3,(H2,17,19)(H,18,20). The van der Waals surface area contributed by atoms with Gasteiger partial charge in [-0.05, 0) is 23.8 Å². The van der Waals surface area contributed by atoms with Crippen molar-refractivity contribution in [3.05, 3.63) is 47.8 Å². The zero-order chi connectivity index (χ0) is 15.2. The van der Waals surface area contributed by atoms with Crippen molar-refractivity contribution in [1.29, 1.82) is 0 Å². The van der Waals surface area contributed by atoms with Crippen molar-refractivity contribution in [2.45, 2.75) is 13.3 Å². The van der Waals surface area contributed by atoms with Crippen molar-refractivity contribution in [1.82, 2.24) is 4.98 Å². The second kappa shape index (κ2) is 6.69. The van der Waals surface area contributed by atoms with Gasteiger partial charge in [0.15, 0.2) is 5.82 Å². The molecule has 0 bridgehead atoms. The number of pyridine rings is 1. The van der Waals surface area contributed by atoms with E-state index in [2.05, 4.69) is 10.3 Å². The number of carbonyl (C=O) groups excluding carboxylic acids is 1. The Labute approximate surface area is 121 Å². The van der Waals surface area contributed by atoms with Crippen molar-refractivity contribution >= 4 is 17.4 Å². The molecule has 0 spiro atoms. The van der Waals surface area contributed by atoms with Crippen molar-refractivity contribution in [3.8, 4) is 5.88 Å². The van der Waals surface area contributed by atoms with Crippen LogP contribution in [0.3, 0.4) is 0 Å². The number of benzene rings is 1. The summed E-state index contributed by atoms with van der Waals surface area (Å²) in [7, 11) is 0. The van der Waals surface area contributed by atoms with Gasteiger partial charge in [-0.1, -0.05) is 12.1 Å². The van der Waals surface area contributed by atoms with Gasteiger partial charge in [-0.25, -0.2) is 4.39 Å². The maximum absolute atomic E-state index is 12.8. The van der Waals surface area contributed by atoms with Crippen LogP contribution in [0.1, 0.15) is 12.5 Å². The summed E-state index contributed by atoms with van der Waals surface area (Å²) in [5.74, 6) is 0.101. The fourth-order valence-electron chi connectivity index (χ4n) is 1.76. The number of hydrogen-bond donors (Lipinski definition) is 2. The van der Waals surface area contributed by atoms with E-state index in [-0.39, 0.29) is 17.5 Å². The molecule has 1 amide bonds. The topological polar surface area (TPSA) is 77.2 Å². The first-order chi connectivity index (χ1) is 10.0. The highest BCUT2D eigenvalue weighted by atomic mass is 19.1. The molecule has 0 fully saturated rings. The molecule has 0 radical (unpaired) electrons. The van der Waals surface area contributed by atoms with E-state index in [1.54, 1.807) is 24.3 Å². The van der Waals surface area contributed by atoms with Crippen molar-refractivity contribution in [2.75, 3.05) is 17.7 Å².